The summed E-state index contributed by atoms with van der Waals surface area (Å²) in [6.45, 7) is 3.68. The van der Waals surface area contributed by atoms with Gasteiger partial charge < -0.3 is 19.9 Å². The van der Waals surface area contributed by atoms with Gasteiger partial charge in [0.2, 0.25) is 0 Å². The van der Waals surface area contributed by atoms with E-state index in [4.69, 9.17) is 29.2 Å². The molecule has 1 saturated carbocycles. The van der Waals surface area contributed by atoms with E-state index in [1.54, 1.807) is 7.11 Å². The summed E-state index contributed by atoms with van der Waals surface area (Å²) in [5.41, 5.74) is 1.08. The van der Waals surface area contributed by atoms with Gasteiger partial charge in [0.05, 0.1) is 7.11 Å². The Labute approximate surface area is 161 Å². The second-order valence-electron chi connectivity index (χ2n) is 6.79. The van der Waals surface area contributed by atoms with E-state index in [-0.39, 0.29) is 0 Å². The summed E-state index contributed by atoms with van der Waals surface area (Å²) in [4.78, 5) is 5.47. The van der Waals surface area contributed by atoms with Crippen LogP contribution in [0.25, 0.3) is 0 Å². The molecule has 2 fully saturated rings. The van der Waals surface area contributed by atoms with Crippen LogP contribution in [0.2, 0.25) is 0 Å². The summed E-state index contributed by atoms with van der Waals surface area (Å²) in [7, 11) is 1.68. The van der Waals surface area contributed by atoms with E-state index in [0.717, 1.165) is 47.6 Å². The summed E-state index contributed by atoms with van der Waals surface area (Å²) in [5, 5.41) is 4.49. The molecule has 4 nitrogen and oxygen atoms in total. The molecule has 6 heteroatoms. The van der Waals surface area contributed by atoms with Crippen molar-refractivity contribution >= 4 is 34.5 Å². The molecule has 1 aliphatic carbocycles. The minimum absolute atomic E-state index is 0.569. The van der Waals surface area contributed by atoms with E-state index in [1.165, 1.54) is 32.1 Å². The SMILES string of the molecule is COc1ccc(C(=S)N2CCN(C(=S)NC3CCCCC3)CC2)cc1. The maximum atomic E-state index is 5.67. The molecule has 0 bridgehead atoms. The lowest BCUT2D eigenvalue weighted by Gasteiger charge is -2.38. The molecule has 25 heavy (non-hydrogen) atoms. The number of piperazine rings is 1. The van der Waals surface area contributed by atoms with Crippen LogP contribution in [0.3, 0.4) is 0 Å². The third-order valence-corrected chi connectivity index (χ3v) is 5.99. The number of hydrogen-bond donors (Lipinski definition) is 1. The molecule has 0 unspecified atom stereocenters. The number of nitrogens with one attached hydrogen (secondary N) is 1. The quantitative estimate of drug-likeness (QED) is 0.814. The van der Waals surface area contributed by atoms with Crippen LogP contribution < -0.4 is 10.1 Å². The maximum Gasteiger partial charge on any atom is 0.169 e. The molecule has 0 aromatic heterocycles. The van der Waals surface area contributed by atoms with Gasteiger partial charge >= 0.3 is 0 Å². The zero-order chi connectivity index (χ0) is 17.6. The molecule has 1 N–H and O–H groups in total. The highest BCUT2D eigenvalue weighted by Gasteiger charge is 2.23. The molecule has 0 radical (unpaired) electrons. The largest absolute Gasteiger partial charge is 0.497 e. The molecule has 1 heterocycles. The van der Waals surface area contributed by atoms with E-state index in [9.17, 15) is 0 Å². The van der Waals surface area contributed by atoms with Crippen LogP contribution in [-0.4, -0.2) is 59.2 Å². The van der Waals surface area contributed by atoms with Crippen LogP contribution in [0.4, 0.5) is 0 Å². The third kappa shape index (κ3) is 4.82. The molecule has 0 spiro atoms. The number of methoxy groups -OCH3 is 1. The molecular formula is C19H27N3OS2. The molecule has 2 aliphatic rings. The highest BCUT2D eigenvalue weighted by Crippen LogP contribution is 2.18. The Morgan fingerprint density at radius 3 is 2.16 bits per heavy atom. The number of hydrogen-bond acceptors (Lipinski definition) is 3. The fourth-order valence-electron chi connectivity index (χ4n) is 3.54. The number of thiocarbonyl (C=S) groups is 2. The molecule has 0 amide bonds. The predicted octanol–water partition coefficient (Wildman–Crippen LogP) is 3.20. The fraction of sp³-hybridized carbons (Fsp3) is 0.579. The van der Waals surface area contributed by atoms with Crippen molar-refractivity contribution in [2.24, 2.45) is 0 Å². The van der Waals surface area contributed by atoms with Crippen molar-refractivity contribution in [3.63, 3.8) is 0 Å². The third-order valence-electron chi connectivity index (χ3n) is 5.12. The first-order valence-electron chi connectivity index (χ1n) is 9.16. The summed E-state index contributed by atoms with van der Waals surface area (Å²) in [6, 6.07) is 8.55. The number of rotatable bonds is 3. The Bertz CT molecular complexity index is 591. The predicted molar refractivity (Wildman–Crippen MR) is 110 cm³/mol. The number of ether oxygens (including phenoxy) is 1. The van der Waals surface area contributed by atoms with Crippen molar-refractivity contribution in [3.8, 4) is 5.75 Å². The van der Waals surface area contributed by atoms with E-state index in [1.807, 2.05) is 24.3 Å². The van der Waals surface area contributed by atoms with Gasteiger partial charge in [-0.1, -0.05) is 31.5 Å². The van der Waals surface area contributed by atoms with Crippen molar-refractivity contribution in [1.82, 2.24) is 15.1 Å². The molecule has 1 aromatic carbocycles. The number of nitrogens with zero attached hydrogens (tertiary/aromatic N) is 2. The van der Waals surface area contributed by atoms with Crippen LogP contribution >= 0.6 is 24.4 Å². The van der Waals surface area contributed by atoms with Crippen molar-refractivity contribution in [1.29, 1.82) is 0 Å². The van der Waals surface area contributed by atoms with Gasteiger partial charge in [0.25, 0.3) is 0 Å². The average Bonchev–Trinajstić information content (AvgIpc) is 2.68. The first-order valence-corrected chi connectivity index (χ1v) is 9.98. The molecule has 1 aromatic rings. The zero-order valence-corrected chi connectivity index (χ0v) is 16.5. The van der Waals surface area contributed by atoms with E-state index < -0.39 is 0 Å². The van der Waals surface area contributed by atoms with Crippen LogP contribution in [0.1, 0.15) is 37.7 Å². The Morgan fingerprint density at radius 1 is 0.960 bits per heavy atom. The summed E-state index contributed by atoms with van der Waals surface area (Å²) in [6.07, 6.45) is 6.52. The van der Waals surface area contributed by atoms with Gasteiger partial charge in [0.15, 0.2) is 5.11 Å². The normalized spacial score (nSPS) is 18.8. The van der Waals surface area contributed by atoms with Gasteiger partial charge in [-0.2, -0.15) is 0 Å². The highest BCUT2D eigenvalue weighted by molar-refractivity contribution is 7.80. The van der Waals surface area contributed by atoms with Crippen LogP contribution in [0.5, 0.6) is 5.75 Å². The summed E-state index contributed by atoms with van der Waals surface area (Å²) < 4.78 is 5.21. The van der Waals surface area contributed by atoms with Gasteiger partial charge in [0.1, 0.15) is 10.7 Å². The van der Waals surface area contributed by atoms with Crippen LogP contribution in [0.15, 0.2) is 24.3 Å². The molecule has 1 aliphatic heterocycles. The first kappa shape index (κ1) is 18.4. The molecule has 1 saturated heterocycles. The monoisotopic (exact) mass is 377 g/mol. The standard InChI is InChI=1S/C19H27N3OS2/c1-23-17-9-7-15(8-10-17)18(24)21-11-13-22(14-12-21)19(25)20-16-5-3-2-4-6-16/h7-10,16H,2-6,11-14H2,1H3,(H,20,25). The molecular weight excluding hydrogens is 350 g/mol. The Morgan fingerprint density at radius 2 is 1.56 bits per heavy atom. The lowest BCUT2D eigenvalue weighted by Crippen LogP contribution is -2.54. The number of benzene rings is 1. The molecule has 0 atom stereocenters. The van der Waals surface area contributed by atoms with Crippen molar-refractivity contribution < 1.29 is 4.74 Å². The van der Waals surface area contributed by atoms with Gasteiger partial charge in [-0.15, -0.1) is 0 Å². The Hall–Kier alpha value is -1.40. The lowest BCUT2D eigenvalue weighted by molar-refractivity contribution is 0.256. The van der Waals surface area contributed by atoms with Crippen molar-refractivity contribution in [2.45, 2.75) is 38.1 Å². The average molecular weight is 378 g/mol. The minimum atomic E-state index is 0.569. The summed E-state index contributed by atoms with van der Waals surface area (Å²) in [5.74, 6) is 0.857. The van der Waals surface area contributed by atoms with Gasteiger partial charge in [-0.05, 0) is 49.3 Å². The Balaban J connectivity index is 1.48. The topological polar surface area (TPSA) is 27.7 Å². The van der Waals surface area contributed by atoms with E-state index in [2.05, 4.69) is 15.1 Å². The maximum absolute atomic E-state index is 5.67. The second-order valence-corrected chi connectivity index (χ2v) is 7.57. The highest BCUT2D eigenvalue weighted by atomic mass is 32.1. The molecule has 3 rings (SSSR count). The van der Waals surface area contributed by atoms with E-state index >= 15 is 0 Å². The van der Waals surface area contributed by atoms with Crippen molar-refractivity contribution in [2.75, 3.05) is 33.3 Å². The lowest BCUT2D eigenvalue weighted by atomic mass is 9.96. The summed E-state index contributed by atoms with van der Waals surface area (Å²) >= 11 is 11.3. The zero-order valence-electron chi connectivity index (χ0n) is 14.9. The van der Waals surface area contributed by atoms with Gasteiger partial charge in [0, 0.05) is 37.8 Å². The Kier molecular flexibility index (Phi) is 6.48. The molecule has 136 valence electrons. The van der Waals surface area contributed by atoms with Crippen LogP contribution in [0, 0.1) is 0 Å². The fourth-order valence-corrected chi connectivity index (χ4v) is 4.21. The van der Waals surface area contributed by atoms with Crippen molar-refractivity contribution in [3.05, 3.63) is 29.8 Å². The second kappa shape index (κ2) is 8.81. The van der Waals surface area contributed by atoms with Gasteiger partial charge in [-0.3, -0.25) is 0 Å². The van der Waals surface area contributed by atoms with Crippen LogP contribution in [-0.2, 0) is 0 Å². The van der Waals surface area contributed by atoms with Gasteiger partial charge in [-0.25, -0.2) is 0 Å². The smallest absolute Gasteiger partial charge is 0.169 e. The van der Waals surface area contributed by atoms with E-state index in [0.29, 0.717) is 6.04 Å². The minimum Gasteiger partial charge on any atom is -0.497 e. The first-order chi connectivity index (χ1) is 12.2.